The van der Waals surface area contributed by atoms with Gasteiger partial charge in [0.15, 0.2) is 17.6 Å². The lowest BCUT2D eigenvalue weighted by atomic mass is 9.62. The van der Waals surface area contributed by atoms with E-state index < -0.39 is 23.4 Å². The molecule has 4 aromatic carbocycles. The molecule has 0 bridgehead atoms. The maximum Gasteiger partial charge on any atom is 0.161 e. The molecule has 10 N–H and O–H groups in total. The first-order valence-electron chi connectivity index (χ1n) is 24.7. The highest BCUT2D eigenvalue weighted by Crippen LogP contribution is 2.61. The fourth-order valence-corrected chi connectivity index (χ4v) is 12.0. The number of likely N-dealkylation sites (N-methyl/N-ethyl adjacent to an activating group) is 1. The fraction of sp³-hybridized carbons (Fsp3) is 0.491. The molecule has 1 aromatic heterocycles. The lowest BCUT2D eigenvalue weighted by Crippen LogP contribution is -2.56. The molecule has 4 aliphatic rings. The Morgan fingerprint density at radius 3 is 2.55 bits per heavy atom. The molecule has 0 saturated heterocycles. The Morgan fingerprint density at radius 1 is 0.957 bits per heavy atom. The third kappa shape index (κ3) is 9.34. The molecular formula is C55H71N5O9. The minimum atomic E-state index is -1.07. The van der Waals surface area contributed by atoms with Crippen LogP contribution in [0.25, 0.3) is 28.1 Å². The van der Waals surface area contributed by atoms with Crippen LogP contribution < -0.4 is 35.5 Å². The SMILES string of the molecule is CNCOC1(CNCNCC(C)(O)CC(C)C)Cc2c3c(c4c(c2OC1c1cc(CCCO)c(O)c(OC)c1)CCC(CO)O4)-c1ccc(O)c2c1C(C3)C(c1ccc3[nH]ccc3c1)C(CNC)=C2. The summed E-state index contributed by atoms with van der Waals surface area (Å²) in [7, 11) is 5.34. The van der Waals surface area contributed by atoms with E-state index in [1.165, 1.54) is 18.2 Å². The molecular weight excluding hydrogens is 875 g/mol. The molecule has 370 valence electrons. The molecule has 0 spiro atoms. The van der Waals surface area contributed by atoms with Crippen molar-refractivity contribution >= 4 is 17.0 Å². The molecule has 5 aromatic rings. The predicted octanol–water partition coefficient (Wildman–Crippen LogP) is 6.45. The van der Waals surface area contributed by atoms with Crippen molar-refractivity contribution in [1.29, 1.82) is 0 Å². The smallest absolute Gasteiger partial charge is 0.161 e. The van der Waals surface area contributed by atoms with E-state index in [0.29, 0.717) is 94.2 Å². The summed E-state index contributed by atoms with van der Waals surface area (Å²) < 4.78 is 27.5. The van der Waals surface area contributed by atoms with Crippen LogP contribution in [-0.4, -0.2) is 115 Å². The summed E-state index contributed by atoms with van der Waals surface area (Å²) in [5.41, 5.74) is 9.72. The van der Waals surface area contributed by atoms with Crippen LogP contribution in [0.4, 0.5) is 0 Å². The first-order chi connectivity index (χ1) is 33.3. The van der Waals surface area contributed by atoms with Gasteiger partial charge in [0.2, 0.25) is 0 Å². The molecule has 3 heterocycles. The van der Waals surface area contributed by atoms with E-state index in [4.69, 9.17) is 18.9 Å². The summed E-state index contributed by atoms with van der Waals surface area (Å²) >= 11 is 0. The number of methoxy groups -OCH3 is 1. The molecule has 69 heavy (non-hydrogen) atoms. The van der Waals surface area contributed by atoms with Crippen molar-refractivity contribution in [3.63, 3.8) is 0 Å². The normalized spacial score (nSPS) is 22.2. The van der Waals surface area contributed by atoms with Crippen molar-refractivity contribution in [3.05, 3.63) is 105 Å². The minimum Gasteiger partial charge on any atom is -0.507 e. The highest BCUT2D eigenvalue weighted by molar-refractivity contribution is 5.90. The first kappa shape index (κ1) is 48.8. The molecule has 14 nitrogen and oxygen atoms in total. The van der Waals surface area contributed by atoms with E-state index in [1.807, 2.05) is 45.4 Å². The second kappa shape index (κ2) is 20.3. The number of H-pyrrole nitrogens is 1. The van der Waals surface area contributed by atoms with Gasteiger partial charge in [-0.1, -0.05) is 26.0 Å². The topological polar surface area (TPSA) is 202 Å². The second-order valence-corrected chi connectivity index (χ2v) is 20.3. The third-order valence-corrected chi connectivity index (χ3v) is 14.7. The zero-order valence-corrected chi connectivity index (χ0v) is 40.9. The number of fused-ring (bicyclic) bond motifs is 8. The van der Waals surface area contributed by atoms with Gasteiger partial charge in [0.05, 0.1) is 26.0 Å². The zero-order chi connectivity index (χ0) is 48.6. The molecule has 9 rings (SSSR count). The number of aromatic nitrogens is 1. The Bertz CT molecular complexity index is 2700. The number of hydrogen-bond acceptors (Lipinski definition) is 13. The number of ether oxygens (including phenoxy) is 4. The number of phenolic OH excluding ortho intramolecular Hbond substituents is 2. The number of aliphatic hydroxyl groups is 3. The molecule has 0 radical (unpaired) electrons. The van der Waals surface area contributed by atoms with E-state index in [2.05, 4.69) is 70.4 Å². The number of rotatable bonds is 20. The maximum absolute atomic E-state index is 11.7. The summed E-state index contributed by atoms with van der Waals surface area (Å²) in [6.45, 7) is 7.82. The monoisotopic (exact) mass is 946 g/mol. The highest BCUT2D eigenvalue weighted by atomic mass is 16.6. The fourth-order valence-electron chi connectivity index (χ4n) is 12.0. The Labute approximate surface area is 405 Å². The van der Waals surface area contributed by atoms with Gasteiger partial charge in [-0.15, -0.1) is 0 Å². The Balaban J connectivity index is 1.24. The molecule has 6 unspecified atom stereocenters. The van der Waals surface area contributed by atoms with Gasteiger partial charge in [0.25, 0.3) is 0 Å². The van der Waals surface area contributed by atoms with Gasteiger partial charge in [-0.3, -0.25) is 5.32 Å². The van der Waals surface area contributed by atoms with Crippen molar-refractivity contribution in [3.8, 4) is 39.9 Å². The average molecular weight is 946 g/mol. The summed E-state index contributed by atoms with van der Waals surface area (Å²) in [4.78, 5) is 3.36. The van der Waals surface area contributed by atoms with Crippen molar-refractivity contribution in [1.82, 2.24) is 26.3 Å². The summed E-state index contributed by atoms with van der Waals surface area (Å²) in [5.74, 6) is 2.18. The molecule has 14 heteroatoms. The summed E-state index contributed by atoms with van der Waals surface area (Å²) in [6.07, 6.45) is 6.72. The maximum atomic E-state index is 11.7. The molecule has 2 aliphatic carbocycles. The molecule has 0 fully saturated rings. The van der Waals surface area contributed by atoms with E-state index in [1.54, 1.807) is 6.07 Å². The largest absolute Gasteiger partial charge is 0.507 e. The zero-order valence-electron chi connectivity index (χ0n) is 40.9. The van der Waals surface area contributed by atoms with Crippen molar-refractivity contribution < 1.29 is 44.5 Å². The number of aryl methyl sites for hydroxylation is 1. The van der Waals surface area contributed by atoms with Crippen LogP contribution in [0, 0.1) is 5.92 Å². The van der Waals surface area contributed by atoms with Crippen LogP contribution in [0.15, 0.2) is 60.3 Å². The van der Waals surface area contributed by atoms with Gasteiger partial charge in [0, 0.05) is 79.2 Å². The highest BCUT2D eigenvalue weighted by Gasteiger charge is 2.51. The molecule has 0 saturated carbocycles. The van der Waals surface area contributed by atoms with Gasteiger partial charge >= 0.3 is 0 Å². The van der Waals surface area contributed by atoms with Crippen LogP contribution in [0.2, 0.25) is 0 Å². The number of aromatic hydroxyl groups is 2. The molecule has 2 aliphatic heterocycles. The van der Waals surface area contributed by atoms with Crippen LogP contribution in [-0.2, 0) is 30.4 Å². The van der Waals surface area contributed by atoms with E-state index in [-0.39, 0.29) is 43.3 Å². The Kier molecular flexibility index (Phi) is 14.4. The van der Waals surface area contributed by atoms with Gasteiger partial charge in [-0.25, -0.2) is 0 Å². The number of phenols is 2. The number of hydrogen-bond donors (Lipinski definition) is 10. The number of aromatic amines is 1. The van der Waals surface area contributed by atoms with Gasteiger partial charge < -0.3 is 65.4 Å². The van der Waals surface area contributed by atoms with E-state index in [9.17, 15) is 25.5 Å². The van der Waals surface area contributed by atoms with Gasteiger partial charge in [-0.05, 0) is 158 Å². The van der Waals surface area contributed by atoms with Crippen LogP contribution in [0.5, 0.6) is 28.7 Å². The van der Waals surface area contributed by atoms with Crippen molar-refractivity contribution in [2.45, 2.75) is 101 Å². The number of benzene rings is 4. The number of aliphatic hydroxyl groups excluding tert-OH is 2. The standard InChI is InChI=1S/C55H71N5O9/c1-31(2)23-54(3,65)27-58-29-59-28-55(67-30-57-5)24-43-40-22-42-47(33-9-13-44-32(18-33)15-16-60-44)36(25-56-4)20-41-45(63)14-12-38(48(41)42)49(40)52-39(11-10-37(26-62)68-52)51(43)69-53(55)35-19-34(8-7-17-61)50(64)46(21-35)66-6/h9,12-16,18-21,31,37,42,47,53,56-65H,7-8,10-11,17,22-30H2,1-6H3. The second-order valence-electron chi connectivity index (χ2n) is 20.3. The Hall–Kier alpha value is -5.16. The minimum absolute atomic E-state index is 0.0202. The lowest BCUT2D eigenvalue weighted by molar-refractivity contribution is -0.129. The van der Waals surface area contributed by atoms with E-state index in [0.717, 1.165) is 61.2 Å². The van der Waals surface area contributed by atoms with Crippen LogP contribution in [0.3, 0.4) is 0 Å². The molecule has 6 atom stereocenters. The number of nitrogens with one attached hydrogen (secondary N) is 5. The first-order valence-corrected chi connectivity index (χ1v) is 24.7. The molecule has 0 amide bonds. The van der Waals surface area contributed by atoms with Gasteiger partial charge in [0.1, 0.15) is 29.0 Å². The van der Waals surface area contributed by atoms with Crippen LogP contribution >= 0.6 is 0 Å². The predicted molar refractivity (Wildman–Crippen MR) is 269 cm³/mol. The lowest BCUT2D eigenvalue weighted by Gasteiger charge is -2.48. The summed E-state index contributed by atoms with van der Waals surface area (Å²) in [6, 6.07) is 16.4. The van der Waals surface area contributed by atoms with Gasteiger partial charge in [-0.2, -0.15) is 0 Å². The van der Waals surface area contributed by atoms with Crippen molar-refractivity contribution in [2.75, 3.05) is 67.5 Å². The Morgan fingerprint density at radius 2 is 1.80 bits per heavy atom. The summed E-state index contributed by atoms with van der Waals surface area (Å²) in [5, 5.41) is 69.7. The quantitative estimate of drug-likeness (QED) is 0.0302. The van der Waals surface area contributed by atoms with E-state index >= 15 is 0 Å². The van der Waals surface area contributed by atoms with Crippen LogP contribution in [0.1, 0.15) is 102 Å². The average Bonchev–Trinajstić information content (AvgIpc) is 3.81. The van der Waals surface area contributed by atoms with Crippen molar-refractivity contribution in [2.24, 2.45) is 5.92 Å². The third-order valence-electron chi connectivity index (χ3n) is 14.7.